The van der Waals surface area contributed by atoms with E-state index in [1.54, 1.807) is 0 Å². The highest BCUT2D eigenvalue weighted by Gasteiger charge is 2.17. The van der Waals surface area contributed by atoms with Gasteiger partial charge in [-0.15, -0.1) is 0 Å². The second-order valence-corrected chi connectivity index (χ2v) is 4.68. The lowest BCUT2D eigenvalue weighted by atomic mass is 10.3. The zero-order chi connectivity index (χ0) is 11.0. The van der Waals surface area contributed by atoms with E-state index in [2.05, 4.69) is 31.1 Å². The summed E-state index contributed by atoms with van der Waals surface area (Å²) in [6, 6.07) is 6.63. The third kappa shape index (κ3) is 1.70. The molecule has 2 heterocycles. The predicted octanol–water partition coefficient (Wildman–Crippen LogP) is 2.00. The number of piperazine rings is 1. The van der Waals surface area contributed by atoms with Crippen LogP contribution in [0, 0.1) is 0 Å². The van der Waals surface area contributed by atoms with Crippen molar-refractivity contribution in [3.63, 3.8) is 0 Å². The Morgan fingerprint density at radius 3 is 2.88 bits per heavy atom. The van der Waals surface area contributed by atoms with Gasteiger partial charge >= 0.3 is 0 Å². The molecule has 0 saturated carbocycles. The molecule has 1 saturated heterocycles. The maximum atomic E-state index is 5.78. The van der Waals surface area contributed by atoms with Gasteiger partial charge in [0.2, 0.25) is 0 Å². The number of oxazole rings is 1. The number of nitrogens with zero attached hydrogens (tertiary/aromatic N) is 2. The average Bonchev–Trinajstić information content (AvgIpc) is 2.76. The van der Waals surface area contributed by atoms with E-state index in [4.69, 9.17) is 4.42 Å². The Morgan fingerprint density at radius 1 is 1.31 bits per heavy atom. The molecule has 1 aromatic carbocycles. The summed E-state index contributed by atoms with van der Waals surface area (Å²) < 4.78 is 6.74. The summed E-state index contributed by atoms with van der Waals surface area (Å²) in [5.74, 6) is 0. The third-order valence-electron chi connectivity index (χ3n) is 2.74. The fraction of sp³-hybridized carbons (Fsp3) is 0.364. The number of halogens is 1. The minimum absolute atomic E-state index is 0.725. The summed E-state index contributed by atoms with van der Waals surface area (Å²) in [6.45, 7) is 3.87. The SMILES string of the molecule is Brc1cccc2nc(N3CCNCC3)oc12. The molecular formula is C11H12BrN3O. The molecule has 0 aliphatic carbocycles. The Morgan fingerprint density at radius 2 is 2.12 bits per heavy atom. The Hall–Kier alpha value is -1.07. The predicted molar refractivity (Wildman–Crippen MR) is 66.8 cm³/mol. The van der Waals surface area contributed by atoms with Crippen LogP contribution in [0.15, 0.2) is 27.1 Å². The maximum absolute atomic E-state index is 5.78. The van der Waals surface area contributed by atoms with E-state index in [0.717, 1.165) is 47.8 Å². The molecule has 1 aliphatic rings. The molecule has 1 N–H and O–H groups in total. The highest BCUT2D eigenvalue weighted by atomic mass is 79.9. The molecule has 4 nitrogen and oxygen atoms in total. The molecule has 0 bridgehead atoms. The van der Waals surface area contributed by atoms with Crippen molar-refractivity contribution in [3.8, 4) is 0 Å². The van der Waals surface area contributed by atoms with Gasteiger partial charge in [0, 0.05) is 26.2 Å². The molecule has 1 aromatic heterocycles. The Balaban J connectivity index is 2.01. The fourth-order valence-electron chi connectivity index (χ4n) is 1.90. The highest BCUT2D eigenvalue weighted by molar-refractivity contribution is 9.10. The molecule has 0 unspecified atom stereocenters. The van der Waals surface area contributed by atoms with Crippen LogP contribution in [-0.4, -0.2) is 31.2 Å². The first-order valence-electron chi connectivity index (χ1n) is 5.35. The normalized spacial score (nSPS) is 16.9. The minimum atomic E-state index is 0.725. The van der Waals surface area contributed by atoms with Gasteiger partial charge in [-0.05, 0) is 28.1 Å². The topological polar surface area (TPSA) is 41.3 Å². The van der Waals surface area contributed by atoms with Crippen LogP contribution in [0.25, 0.3) is 11.1 Å². The molecule has 16 heavy (non-hydrogen) atoms. The molecular weight excluding hydrogens is 270 g/mol. The van der Waals surface area contributed by atoms with Crippen LogP contribution >= 0.6 is 15.9 Å². The molecule has 1 fully saturated rings. The molecule has 0 amide bonds. The second-order valence-electron chi connectivity index (χ2n) is 3.82. The number of nitrogens with one attached hydrogen (secondary N) is 1. The van der Waals surface area contributed by atoms with E-state index >= 15 is 0 Å². The minimum Gasteiger partial charge on any atom is -0.422 e. The number of hydrogen-bond acceptors (Lipinski definition) is 4. The molecule has 84 valence electrons. The molecule has 3 rings (SSSR count). The van der Waals surface area contributed by atoms with Crippen LogP contribution in [0.4, 0.5) is 6.01 Å². The van der Waals surface area contributed by atoms with Crippen molar-refractivity contribution in [2.75, 3.05) is 31.1 Å². The molecule has 0 spiro atoms. The summed E-state index contributed by atoms with van der Waals surface area (Å²) in [5, 5.41) is 3.31. The Labute approximate surface area is 102 Å². The van der Waals surface area contributed by atoms with E-state index in [1.165, 1.54) is 0 Å². The molecule has 0 atom stereocenters. The van der Waals surface area contributed by atoms with Gasteiger partial charge in [0.05, 0.1) is 4.47 Å². The van der Waals surface area contributed by atoms with E-state index in [-0.39, 0.29) is 0 Å². The number of rotatable bonds is 1. The third-order valence-corrected chi connectivity index (χ3v) is 3.37. The number of aromatic nitrogens is 1. The maximum Gasteiger partial charge on any atom is 0.298 e. The van der Waals surface area contributed by atoms with Crippen LogP contribution in [0.3, 0.4) is 0 Å². The first-order valence-corrected chi connectivity index (χ1v) is 6.14. The van der Waals surface area contributed by atoms with Gasteiger partial charge in [-0.25, -0.2) is 0 Å². The van der Waals surface area contributed by atoms with Crippen molar-refractivity contribution in [2.24, 2.45) is 0 Å². The van der Waals surface area contributed by atoms with Gasteiger partial charge in [-0.1, -0.05) is 6.07 Å². The lowest BCUT2D eigenvalue weighted by Gasteiger charge is -2.25. The van der Waals surface area contributed by atoms with Gasteiger partial charge in [0.1, 0.15) is 5.52 Å². The average molecular weight is 282 g/mol. The zero-order valence-corrected chi connectivity index (χ0v) is 10.3. The lowest BCUT2D eigenvalue weighted by Crippen LogP contribution is -2.43. The summed E-state index contributed by atoms with van der Waals surface area (Å²) in [7, 11) is 0. The van der Waals surface area contributed by atoms with Crippen molar-refractivity contribution < 1.29 is 4.42 Å². The smallest absolute Gasteiger partial charge is 0.298 e. The Bertz CT molecular complexity index is 505. The van der Waals surface area contributed by atoms with Crippen molar-refractivity contribution in [3.05, 3.63) is 22.7 Å². The summed E-state index contributed by atoms with van der Waals surface area (Å²) >= 11 is 3.47. The first kappa shape index (κ1) is 10.1. The van der Waals surface area contributed by atoms with E-state index in [9.17, 15) is 0 Å². The number of fused-ring (bicyclic) bond motifs is 1. The van der Waals surface area contributed by atoms with Crippen LogP contribution in [0.2, 0.25) is 0 Å². The van der Waals surface area contributed by atoms with Crippen molar-refractivity contribution >= 4 is 33.0 Å². The van der Waals surface area contributed by atoms with E-state index in [0.29, 0.717) is 0 Å². The van der Waals surface area contributed by atoms with Crippen molar-refractivity contribution in [1.29, 1.82) is 0 Å². The lowest BCUT2D eigenvalue weighted by molar-refractivity contribution is 0.517. The molecule has 2 aromatic rings. The van der Waals surface area contributed by atoms with Crippen LogP contribution in [-0.2, 0) is 0 Å². The molecule has 5 heteroatoms. The van der Waals surface area contributed by atoms with E-state index < -0.39 is 0 Å². The van der Waals surface area contributed by atoms with Crippen molar-refractivity contribution in [2.45, 2.75) is 0 Å². The summed E-state index contributed by atoms with van der Waals surface area (Å²) in [6.07, 6.45) is 0. The number of benzene rings is 1. The van der Waals surface area contributed by atoms with Crippen LogP contribution in [0.5, 0.6) is 0 Å². The standard InChI is InChI=1S/C11H12BrN3O/c12-8-2-1-3-9-10(8)16-11(14-9)15-6-4-13-5-7-15/h1-3,13H,4-7H2. The number of hydrogen-bond donors (Lipinski definition) is 1. The zero-order valence-electron chi connectivity index (χ0n) is 8.74. The number of para-hydroxylation sites is 1. The molecule has 1 aliphatic heterocycles. The summed E-state index contributed by atoms with van der Waals surface area (Å²) in [4.78, 5) is 6.67. The van der Waals surface area contributed by atoms with Crippen LogP contribution < -0.4 is 10.2 Å². The first-order chi connectivity index (χ1) is 7.84. The van der Waals surface area contributed by atoms with Gasteiger partial charge in [0.15, 0.2) is 5.58 Å². The van der Waals surface area contributed by atoms with Gasteiger partial charge in [-0.3, -0.25) is 0 Å². The van der Waals surface area contributed by atoms with Gasteiger partial charge in [0.25, 0.3) is 6.01 Å². The highest BCUT2D eigenvalue weighted by Crippen LogP contribution is 2.28. The quantitative estimate of drug-likeness (QED) is 0.868. The molecule has 0 radical (unpaired) electrons. The largest absolute Gasteiger partial charge is 0.422 e. The second kappa shape index (κ2) is 4.07. The van der Waals surface area contributed by atoms with Gasteiger partial charge < -0.3 is 14.6 Å². The van der Waals surface area contributed by atoms with E-state index in [1.807, 2.05) is 18.2 Å². The summed E-state index contributed by atoms with van der Waals surface area (Å²) in [5.41, 5.74) is 1.74. The number of anilines is 1. The van der Waals surface area contributed by atoms with Crippen molar-refractivity contribution in [1.82, 2.24) is 10.3 Å². The van der Waals surface area contributed by atoms with Crippen LogP contribution in [0.1, 0.15) is 0 Å². The fourth-order valence-corrected chi connectivity index (χ4v) is 2.33. The Kier molecular flexibility index (Phi) is 2.57. The monoisotopic (exact) mass is 281 g/mol. The van der Waals surface area contributed by atoms with Gasteiger partial charge in [-0.2, -0.15) is 4.98 Å².